The molecule has 0 radical (unpaired) electrons. The summed E-state index contributed by atoms with van der Waals surface area (Å²) in [5.74, 6) is -0.643. The van der Waals surface area contributed by atoms with Crippen LogP contribution in [0.1, 0.15) is 28.8 Å². The molecule has 0 saturated carbocycles. The van der Waals surface area contributed by atoms with Crippen molar-refractivity contribution < 1.29 is 14.3 Å². The van der Waals surface area contributed by atoms with Crippen LogP contribution in [0.2, 0.25) is 0 Å². The highest BCUT2D eigenvalue weighted by atomic mass is 32.1. The topological polar surface area (TPSA) is 94.3 Å². The lowest BCUT2D eigenvalue weighted by molar-refractivity contribution is -0.141. The first-order chi connectivity index (χ1) is 8.56. The third-order valence-corrected chi connectivity index (χ3v) is 3.13. The molecule has 1 rings (SSSR count). The Balaban J connectivity index is 2.51. The zero-order chi connectivity index (χ0) is 13.5. The Morgan fingerprint density at radius 1 is 1.61 bits per heavy atom. The van der Waals surface area contributed by atoms with Gasteiger partial charge in [-0.15, -0.1) is 11.3 Å². The van der Waals surface area contributed by atoms with Gasteiger partial charge in [0.1, 0.15) is 5.69 Å². The first-order valence-corrected chi connectivity index (χ1v) is 6.47. The van der Waals surface area contributed by atoms with Gasteiger partial charge in [0.15, 0.2) is 0 Å². The number of amides is 1. The van der Waals surface area contributed by atoms with Crippen molar-refractivity contribution in [2.45, 2.75) is 25.8 Å². The van der Waals surface area contributed by atoms with Gasteiger partial charge in [0.2, 0.25) is 0 Å². The van der Waals surface area contributed by atoms with Crippen LogP contribution in [0.4, 0.5) is 0 Å². The summed E-state index contributed by atoms with van der Waals surface area (Å²) >= 11 is 1.40. The summed E-state index contributed by atoms with van der Waals surface area (Å²) in [7, 11) is 1.32. The zero-order valence-corrected chi connectivity index (χ0v) is 11.3. The van der Waals surface area contributed by atoms with Crippen molar-refractivity contribution in [1.82, 2.24) is 10.3 Å². The summed E-state index contributed by atoms with van der Waals surface area (Å²) in [6.07, 6.45) is 0.803. The van der Waals surface area contributed by atoms with Crippen LogP contribution in [-0.4, -0.2) is 36.6 Å². The fraction of sp³-hybridized carbons (Fsp3) is 0.545. The van der Waals surface area contributed by atoms with Gasteiger partial charge in [-0.2, -0.15) is 0 Å². The highest BCUT2D eigenvalue weighted by Gasteiger charge is 2.15. The van der Waals surface area contributed by atoms with E-state index in [-0.39, 0.29) is 24.3 Å². The van der Waals surface area contributed by atoms with Crippen LogP contribution in [0.5, 0.6) is 0 Å². The van der Waals surface area contributed by atoms with Crippen LogP contribution in [0, 0.1) is 0 Å². The molecule has 1 atom stereocenters. The van der Waals surface area contributed by atoms with Crippen LogP contribution in [-0.2, 0) is 16.0 Å². The largest absolute Gasteiger partial charge is 0.469 e. The van der Waals surface area contributed by atoms with E-state index in [0.29, 0.717) is 18.7 Å². The molecule has 1 unspecified atom stereocenters. The summed E-state index contributed by atoms with van der Waals surface area (Å²) in [6, 6.07) is -0.287. The number of nitrogens with two attached hydrogens (primary N) is 1. The number of methoxy groups -OCH3 is 1. The number of hydrogen-bond donors (Lipinski definition) is 2. The number of carbonyl (C=O) groups excluding carboxylic acids is 2. The van der Waals surface area contributed by atoms with E-state index in [9.17, 15) is 9.59 Å². The second-order valence-corrected chi connectivity index (χ2v) is 4.76. The lowest BCUT2D eigenvalue weighted by Crippen LogP contribution is -2.34. The Kier molecular flexibility index (Phi) is 5.73. The molecule has 1 heterocycles. The number of ether oxygens (including phenoxy) is 1. The molecule has 0 spiro atoms. The number of rotatable bonds is 6. The van der Waals surface area contributed by atoms with Gasteiger partial charge in [0.25, 0.3) is 5.91 Å². The van der Waals surface area contributed by atoms with E-state index in [1.54, 1.807) is 12.3 Å². The Morgan fingerprint density at radius 2 is 2.33 bits per heavy atom. The van der Waals surface area contributed by atoms with E-state index in [4.69, 9.17) is 5.73 Å². The van der Waals surface area contributed by atoms with Crippen LogP contribution in [0.3, 0.4) is 0 Å². The minimum Gasteiger partial charge on any atom is -0.469 e. The fourth-order valence-corrected chi connectivity index (χ4v) is 2.13. The number of aromatic nitrogens is 1. The third-order valence-electron chi connectivity index (χ3n) is 2.22. The van der Waals surface area contributed by atoms with Crippen LogP contribution >= 0.6 is 11.3 Å². The van der Waals surface area contributed by atoms with E-state index in [0.717, 1.165) is 5.01 Å². The number of esters is 1. The van der Waals surface area contributed by atoms with Crippen molar-refractivity contribution in [1.29, 1.82) is 0 Å². The number of nitrogens with one attached hydrogen (secondary N) is 1. The van der Waals surface area contributed by atoms with E-state index < -0.39 is 0 Å². The minimum absolute atomic E-state index is 0.141. The molecule has 1 aromatic heterocycles. The number of thiazole rings is 1. The summed E-state index contributed by atoms with van der Waals surface area (Å²) in [6.45, 7) is 2.25. The maximum Gasteiger partial charge on any atom is 0.307 e. The molecule has 0 aromatic carbocycles. The molecule has 7 heteroatoms. The lowest BCUT2D eigenvalue weighted by atomic mass is 10.2. The third kappa shape index (κ3) is 4.42. The second-order valence-electron chi connectivity index (χ2n) is 3.82. The van der Waals surface area contributed by atoms with Crippen LogP contribution in [0.25, 0.3) is 0 Å². The molecule has 100 valence electrons. The first-order valence-electron chi connectivity index (χ1n) is 5.59. The molecule has 0 aliphatic carbocycles. The fourth-order valence-electron chi connectivity index (χ4n) is 1.34. The standard InChI is InChI=1S/C11H17N3O3S/c1-7(5-10(15)17-2)13-11(16)8-6-18-9(14-8)3-4-12/h6-7H,3-5,12H2,1-2H3,(H,13,16). The van der Waals surface area contributed by atoms with E-state index in [1.807, 2.05) is 0 Å². The van der Waals surface area contributed by atoms with Gasteiger partial charge in [-0.25, -0.2) is 4.98 Å². The SMILES string of the molecule is COC(=O)CC(C)NC(=O)c1csc(CCN)n1. The molecular weight excluding hydrogens is 254 g/mol. The smallest absolute Gasteiger partial charge is 0.307 e. The van der Waals surface area contributed by atoms with E-state index in [2.05, 4.69) is 15.0 Å². The Hall–Kier alpha value is -1.47. The van der Waals surface area contributed by atoms with E-state index in [1.165, 1.54) is 18.4 Å². The summed E-state index contributed by atoms with van der Waals surface area (Å²) in [4.78, 5) is 27.0. The van der Waals surface area contributed by atoms with Crippen molar-refractivity contribution in [2.24, 2.45) is 5.73 Å². The van der Waals surface area contributed by atoms with Gasteiger partial charge in [-0.3, -0.25) is 9.59 Å². The van der Waals surface area contributed by atoms with Crippen molar-refractivity contribution >= 4 is 23.2 Å². The van der Waals surface area contributed by atoms with Gasteiger partial charge in [0, 0.05) is 17.8 Å². The van der Waals surface area contributed by atoms with Crippen molar-refractivity contribution in [3.63, 3.8) is 0 Å². The number of nitrogens with zero attached hydrogens (tertiary/aromatic N) is 1. The van der Waals surface area contributed by atoms with Gasteiger partial charge in [-0.05, 0) is 13.5 Å². The summed E-state index contributed by atoms with van der Waals surface area (Å²) < 4.78 is 4.53. The van der Waals surface area contributed by atoms with Crippen molar-refractivity contribution in [3.8, 4) is 0 Å². The molecule has 0 aliphatic rings. The summed E-state index contributed by atoms with van der Waals surface area (Å²) in [5, 5.41) is 5.21. The minimum atomic E-state index is -0.357. The average Bonchev–Trinajstić information content (AvgIpc) is 2.77. The van der Waals surface area contributed by atoms with Crippen molar-refractivity contribution in [2.75, 3.05) is 13.7 Å². The van der Waals surface area contributed by atoms with Gasteiger partial charge < -0.3 is 15.8 Å². The second kappa shape index (κ2) is 7.07. The number of hydrogen-bond acceptors (Lipinski definition) is 6. The summed E-state index contributed by atoms with van der Waals surface area (Å²) in [5.41, 5.74) is 5.77. The quantitative estimate of drug-likeness (QED) is 0.727. The molecule has 18 heavy (non-hydrogen) atoms. The molecule has 0 bridgehead atoms. The number of carbonyl (C=O) groups is 2. The molecule has 0 aliphatic heterocycles. The average molecular weight is 271 g/mol. The highest BCUT2D eigenvalue weighted by molar-refractivity contribution is 7.09. The maximum atomic E-state index is 11.8. The Morgan fingerprint density at radius 3 is 2.94 bits per heavy atom. The molecular formula is C11H17N3O3S. The Labute approximate surface area is 110 Å². The van der Waals surface area contributed by atoms with Crippen molar-refractivity contribution in [3.05, 3.63) is 16.1 Å². The zero-order valence-electron chi connectivity index (χ0n) is 10.4. The van der Waals surface area contributed by atoms with Gasteiger partial charge in [-0.1, -0.05) is 0 Å². The lowest BCUT2D eigenvalue weighted by Gasteiger charge is -2.11. The predicted octanol–water partition coefficient (Wildman–Crippen LogP) is 0.326. The molecule has 6 nitrogen and oxygen atoms in total. The monoisotopic (exact) mass is 271 g/mol. The molecule has 1 amide bonds. The van der Waals surface area contributed by atoms with Gasteiger partial charge in [0.05, 0.1) is 18.5 Å². The Bertz CT molecular complexity index is 419. The highest BCUT2D eigenvalue weighted by Crippen LogP contribution is 2.10. The molecule has 1 aromatic rings. The van der Waals surface area contributed by atoms with Crippen LogP contribution in [0.15, 0.2) is 5.38 Å². The molecule has 3 N–H and O–H groups in total. The predicted molar refractivity (Wildman–Crippen MR) is 68.4 cm³/mol. The molecule has 0 fully saturated rings. The van der Waals surface area contributed by atoms with Gasteiger partial charge >= 0.3 is 5.97 Å². The van der Waals surface area contributed by atoms with Crippen LogP contribution < -0.4 is 11.1 Å². The maximum absolute atomic E-state index is 11.8. The normalized spacial score (nSPS) is 11.9. The first kappa shape index (κ1) is 14.6. The van der Waals surface area contributed by atoms with E-state index >= 15 is 0 Å². The molecule has 0 saturated heterocycles.